The average molecular weight is 662 g/mol. The Kier molecular flexibility index (Phi) is 11.2. The zero-order valence-corrected chi connectivity index (χ0v) is 29.3. The third-order valence-electron chi connectivity index (χ3n) is 8.09. The Balaban J connectivity index is 1.53. The molecule has 0 aliphatic rings. The van der Waals surface area contributed by atoms with Gasteiger partial charge in [-0.1, -0.05) is 76.6 Å². The van der Waals surface area contributed by atoms with E-state index < -0.39 is 6.03 Å². The van der Waals surface area contributed by atoms with Crippen molar-refractivity contribution in [1.82, 2.24) is 14.8 Å². The van der Waals surface area contributed by atoms with Gasteiger partial charge < -0.3 is 24.7 Å². The van der Waals surface area contributed by atoms with Crippen LogP contribution in [0.1, 0.15) is 76.8 Å². The Morgan fingerprint density at radius 2 is 1.73 bits per heavy atom. The van der Waals surface area contributed by atoms with Gasteiger partial charge in [-0.05, 0) is 78.8 Å². The van der Waals surface area contributed by atoms with Gasteiger partial charge in [0.2, 0.25) is 0 Å². The molecule has 0 unspecified atom stereocenters. The number of urea groups is 1. The van der Waals surface area contributed by atoms with Crippen LogP contribution in [0.15, 0.2) is 96.1 Å². The molecule has 3 aromatic carbocycles. The van der Waals surface area contributed by atoms with E-state index in [0.717, 1.165) is 35.2 Å². The zero-order valence-electron chi connectivity index (χ0n) is 29.3. The van der Waals surface area contributed by atoms with Crippen molar-refractivity contribution < 1.29 is 14.3 Å². The maximum Gasteiger partial charge on any atom is 0.323 e. The van der Waals surface area contributed by atoms with E-state index in [-0.39, 0.29) is 22.8 Å². The Morgan fingerprint density at radius 1 is 0.939 bits per heavy atom. The normalized spacial score (nSPS) is 11.4. The number of aryl methyl sites for hydroxylation is 1. The molecule has 2 aromatic heterocycles. The minimum atomic E-state index is -0.517. The molecule has 49 heavy (non-hydrogen) atoms. The van der Waals surface area contributed by atoms with Crippen LogP contribution >= 0.6 is 0 Å². The summed E-state index contributed by atoms with van der Waals surface area (Å²) in [6.45, 7) is 13.2. The summed E-state index contributed by atoms with van der Waals surface area (Å²) in [6, 6.07) is 24.8. The molecule has 5 rings (SSSR count). The second kappa shape index (κ2) is 15.7. The number of H-pyrrole nitrogens is 1. The molecule has 0 bridgehead atoms. The number of nitrogens with zero attached hydrogens (tertiary/aromatic N) is 2. The Labute approximate surface area is 288 Å². The zero-order chi connectivity index (χ0) is 35.0. The summed E-state index contributed by atoms with van der Waals surface area (Å²) < 4.78 is 14.0. The van der Waals surface area contributed by atoms with Gasteiger partial charge in [0.25, 0.3) is 5.56 Å². The fraction of sp³-hybridized carbons (Fsp3) is 0.325. The first kappa shape index (κ1) is 35.0. The van der Waals surface area contributed by atoms with Crippen molar-refractivity contribution in [3.63, 3.8) is 0 Å². The third-order valence-corrected chi connectivity index (χ3v) is 8.09. The predicted molar refractivity (Wildman–Crippen MR) is 197 cm³/mol. The molecular formula is C40H47N5O4. The number of aromatic amines is 1. The minimum Gasteiger partial charge on any atom is -0.490 e. The largest absolute Gasteiger partial charge is 0.490 e. The number of unbranched alkanes of at least 4 members (excludes halogenated alkanes) is 1. The quantitative estimate of drug-likeness (QED) is 0.117. The van der Waals surface area contributed by atoms with Crippen LogP contribution in [-0.2, 0) is 25.0 Å². The number of hydrogen-bond donors (Lipinski definition) is 3. The van der Waals surface area contributed by atoms with Gasteiger partial charge in [-0.25, -0.2) is 4.79 Å². The van der Waals surface area contributed by atoms with Gasteiger partial charge in [-0.3, -0.25) is 9.89 Å². The van der Waals surface area contributed by atoms with Crippen molar-refractivity contribution >= 4 is 17.4 Å². The molecule has 9 nitrogen and oxygen atoms in total. The fourth-order valence-corrected chi connectivity index (χ4v) is 5.66. The standard InChI is InChI=1S/C40H47N5O4/c1-7-8-21-45-22-19-32(33-25-31(15-17-36(33)49-27(2)3)48-26-28-12-10-9-11-13-28)37(38(45)46)43-39(47)42-35-24-29(23-30-18-20-41-44-30)14-16-34(35)40(4,5)6/h9-20,22,24-25,27H,7-8,21,23,26H2,1-6H3,(H,41,44)(H2,42,43,47). The van der Waals surface area contributed by atoms with Crippen LogP contribution in [0.5, 0.6) is 11.5 Å². The fourth-order valence-electron chi connectivity index (χ4n) is 5.66. The van der Waals surface area contributed by atoms with E-state index >= 15 is 0 Å². The first-order valence-corrected chi connectivity index (χ1v) is 16.9. The van der Waals surface area contributed by atoms with Crippen LogP contribution in [0.25, 0.3) is 11.1 Å². The lowest BCUT2D eigenvalue weighted by Gasteiger charge is -2.24. The van der Waals surface area contributed by atoms with Crippen molar-refractivity contribution in [2.45, 2.75) is 85.5 Å². The number of benzene rings is 3. The summed E-state index contributed by atoms with van der Waals surface area (Å²) in [5.41, 5.74) is 5.37. The third kappa shape index (κ3) is 9.19. The summed E-state index contributed by atoms with van der Waals surface area (Å²) in [5, 5.41) is 13.2. The highest BCUT2D eigenvalue weighted by molar-refractivity contribution is 6.03. The molecule has 5 aromatic rings. The van der Waals surface area contributed by atoms with E-state index in [1.807, 2.05) is 86.6 Å². The Hall–Kier alpha value is -5.31. The second-order valence-corrected chi connectivity index (χ2v) is 13.5. The smallest absolute Gasteiger partial charge is 0.323 e. The number of hydrogen-bond acceptors (Lipinski definition) is 5. The van der Waals surface area contributed by atoms with Crippen LogP contribution in [0, 0.1) is 0 Å². The lowest BCUT2D eigenvalue weighted by Crippen LogP contribution is -2.29. The Bertz CT molecular complexity index is 1910. The van der Waals surface area contributed by atoms with E-state index in [4.69, 9.17) is 9.47 Å². The van der Waals surface area contributed by atoms with E-state index in [1.165, 1.54) is 0 Å². The number of aromatic nitrogens is 3. The van der Waals surface area contributed by atoms with E-state index in [1.54, 1.807) is 17.0 Å². The van der Waals surface area contributed by atoms with Gasteiger partial charge in [0, 0.05) is 42.2 Å². The number of pyridine rings is 1. The molecule has 0 radical (unpaired) electrons. The molecule has 2 heterocycles. The van der Waals surface area contributed by atoms with Crippen molar-refractivity contribution in [2.75, 3.05) is 10.6 Å². The van der Waals surface area contributed by atoms with Gasteiger partial charge in [0.1, 0.15) is 23.8 Å². The summed E-state index contributed by atoms with van der Waals surface area (Å²) in [4.78, 5) is 28.0. The molecule has 0 atom stereocenters. The summed E-state index contributed by atoms with van der Waals surface area (Å²) >= 11 is 0. The molecular weight excluding hydrogens is 614 g/mol. The minimum absolute atomic E-state index is 0.121. The summed E-state index contributed by atoms with van der Waals surface area (Å²) in [5.74, 6) is 1.20. The van der Waals surface area contributed by atoms with Gasteiger partial charge in [0.05, 0.1) is 11.8 Å². The maximum atomic E-state index is 14.1. The van der Waals surface area contributed by atoms with Crippen LogP contribution in [0.2, 0.25) is 0 Å². The molecule has 256 valence electrons. The predicted octanol–water partition coefficient (Wildman–Crippen LogP) is 8.94. The number of rotatable bonds is 13. The SMILES string of the molecule is CCCCn1ccc(-c2cc(OCc3ccccc3)ccc2OC(C)C)c(NC(=O)Nc2cc(Cc3cc[nH]n3)ccc2C(C)(C)C)c1=O. The topological polar surface area (TPSA) is 110 Å². The highest BCUT2D eigenvalue weighted by Gasteiger charge is 2.23. The van der Waals surface area contributed by atoms with Crippen molar-refractivity contribution in [2.24, 2.45) is 0 Å². The van der Waals surface area contributed by atoms with E-state index in [0.29, 0.717) is 47.9 Å². The maximum absolute atomic E-state index is 14.1. The lowest BCUT2D eigenvalue weighted by molar-refractivity contribution is 0.242. The van der Waals surface area contributed by atoms with Crippen LogP contribution in [-0.4, -0.2) is 26.9 Å². The summed E-state index contributed by atoms with van der Waals surface area (Å²) in [6.07, 6.45) is 5.81. The number of anilines is 2. The molecule has 0 saturated heterocycles. The molecule has 0 fully saturated rings. The van der Waals surface area contributed by atoms with Crippen LogP contribution in [0.3, 0.4) is 0 Å². The lowest BCUT2D eigenvalue weighted by atomic mass is 9.85. The monoisotopic (exact) mass is 661 g/mol. The molecule has 9 heteroatoms. The number of carbonyl (C=O) groups excluding carboxylic acids is 1. The molecule has 0 aliphatic carbocycles. The van der Waals surface area contributed by atoms with Crippen LogP contribution in [0.4, 0.5) is 16.2 Å². The molecule has 0 aliphatic heterocycles. The number of nitrogens with one attached hydrogen (secondary N) is 3. The summed E-state index contributed by atoms with van der Waals surface area (Å²) in [7, 11) is 0. The molecule has 0 spiro atoms. The van der Waals surface area contributed by atoms with Crippen molar-refractivity contribution in [3.8, 4) is 22.6 Å². The Morgan fingerprint density at radius 3 is 2.43 bits per heavy atom. The van der Waals surface area contributed by atoms with Crippen molar-refractivity contribution in [3.05, 3.63) is 124 Å². The average Bonchev–Trinajstić information content (AvgIpc) is 3.57. The number of amides is 2. The van der Waals surface area contributed by atoms with Gasteiger partial charge in [0.15, 0.2) is 0 Å². The molecule has 2 amide bonds. The molecule has 0 saturated carbocycles. The van der Waals surface area contributed by atoms with Gasteiger partial charge >= 0.3 is 6.03 Å². The van der Waals surface area contributed by atoms with E-state index in [2.05, 4.69) is 54.6 Å². The first-order valence-electron chi connectivity index (χ1n) is 16.9. The second-order valence-electron chi connectivity index (χ2n) is 13.5. The highest BCUT2D eigenvalue weighted by Crippen LogP contribution is 2.38. The van der Waals surface area contributed by atoms with E-state index in [9.17, 15) is 9.59 Å². The highest BCUT2D eigenvalue weighted by atomic mass is 16.5. The van der Waals surface area contributed by atoms with Gasteiger partial charge in [-0.2, -0.15) is 5.10 Å². The number of ether oxygens (including phenoxy) is 2. The van der Waals surface area contributed by atoms with Gasteiger partial charge in [-0.15, -0.1) is 0 Å². The number of carbonyl (C=O) groups is 1. The van der Waals surface area contributed by atoms with Crippen molar-refractivity contribution in [1.29, 1.82) is 0 Å². The van der Waals surface area contributed by atoms with Crippen LogP contribution < -0.4 is 25.7 Å². The molecule has 3 N–H and O–H groups in total. The first-order chi connectivity index (χ1) is 23.5.